The smallest absolute Gasteiger partial charge is 0.264 e. The number of ether oxygens (including phenoxy) is 1. The van der Waals surface area contributed by atoms with E-state index in [2.05, 4.69) is 10.3 Å². The average Bonchev–Trinajstić information content (AvgIpc) is 3.29. The highest BCUT2D eigenvalue weighted by molar-refractivity contribution is 7.20. The van der Waals surface area contributed by atoms with Crippen molar-refractivity contribution in [3.8, 4) is 0 Å². The van der Waals surface area contributed by atoms with Crippen LogP contribution in [-0.4, -0.2) is 59.6 Å². The van der Waals surface area contributed by atoms with Gasteiger partial charge in [0.1, 0.15) is 11.4 Å². The second-order valence-corrected chi connectivity index (χ2v) is 7.61. The van der Waals surface area contributed by atoms with Gasteiger partial charge in [-0.15, -0.1) is 11.3 Å². The molecule has 3 rings (SSSR count). The van der Waals surface area contributed by atoms with Crippen LogP contribution in [-0.2, 0) is 16.1 Å². The number of methoxy groups -OCH3 is 1. The minimum absolute atomic E-state index is 0.0326. The molecule has 0 aromatic carbocycles. The highest BCUT2D eigenvalue weighted by Gasteiger charge is 2.25. The van der Waals surface area contributed by atoms with Crippen LogP contribution in [0.1, 0.15) is 34.5 Å². The lowest BCUT2D eigenvalue weighted by molar-refractivity contribution is -0.121. The first-order valence-corrected chi connectivity index (χ1v) is 9.88. The molecule has 0 aliphatic carbocycles. The van der Waals surface area contributed by atoms with Crippen LogP contribution >= 0.6 is 11.3 Å². The second-order valence-electron chi connectivity index (χ2n) is 6.61. The van der Waals surface area contributed by atoms with Gasteiger partial charge in [-0.3, -0.25) is 19.0 Å². The van der Waals surface area contributed by atoms with Gasteiger partial charge < -0.3 is 15.0 Å². The Kier molecular flexibility index (Phi) is 6.22. The number of carbonyl (C=O) groups excluding carboxylic acids is 2. The molecule has 2 aromatic heterocycles. The molecule has 0 atom stereocenters. The first kappa shape index (κ1) is 19.5. The summed E-state index contributed by atoms with van der Waals surface area (Å²) in [6.45, 7) is 4.25. The Labute approximate surface area is 161 Å². The minimum atomic E-state index is -0.290. The van der Waals surface area contributed by atoms with Crippen LogP contribution in [0, 0.1) is 6.92 Å². The number of nitrogens with one attached hydrogen (secondary N) is 1. The topological polar surface area (TPSA) is 93.5 Å². The fraction of sp³-hybridized carbons (Fsp3) is 0.556. The number of thiophene rings is 1. The molecule has 1 N–H and O–H groups in total. The predicted molar refractivity (Wildman–Crippen MR) is 103 cm³/mol. The summed E-state index contributed by atoms with van der Waals surface area (Å²) in [5.74, 6) is -0.287. The van der Waals surface area contributed by atoms with E-state index in [1.165, 1.54) is 22.2 Å². The molecule has 1 fully saturated rings. The minimum Gasteiger partial charge on any atom is -0.385 e. The van der Waals surface area contributed by atoms with Crippen molar-refractivity contribution >= 4 is 33.4 Å². The number of amides is 2. The van der Waals surface area contributed by atoms with Crippen LogP contribution in [0.4, 0.5) is 0 Å². The normalized spacial score (nSPS) is 14.1. The number of likely N-dealkylation sites (tertiary alicyclic amines) is 1. The number of nitrogens with zero attached hydrogens (tertiary/aromatic N) is 3. The maximum Gasteiger partial charge on any atom is 0.264 e. The van der Waals surface area contributed by atoms with E-state index in [1.807, 2.05) is 4.90 Å². The van der Waals surface area contributed by atoms with Crippen LogP contribution in [0.15, 0.2) is 11.1 Å². The molecule has 146 valence electrons. The third-order valence-corrected chi connectivity index (χ3v) is 5.85. The summed E-state index contributed by atoms with van der Waals surface area (Å²) >= 11 is 1.25. The van der Waals surface area contributed by atoms with E-state index in [0.717, 1.165) is 25.9 Å². The van der Waals surface area contributed by atoms with Crippen LogP contribution in [0.5, 0.6) is 0 Å². The molecular formula is C18H24N4O4S. The zero-order chi connectivity index (χ0) is 19.4. The highest BCUT2D eigenvalue weighted by atomic mass is 32.1. The Morgan fingerprint density at radius 3 is 2.78 bits per heavy atom. The molecule has 2 aromatic rings. The SMILES string of the molecule is COCCCNC(=O)Cn1cnc2sc(C(=O)N3CCCC3)c(C)c2c1=O. The van der Waals surface area contributed by atoms with E-state index in [-0.39, 0.29) is 23.9 Å². The molecular weight excluding hydrogens is 368 g/mol. The van der Waals surface area contributed by atoms with Gasteiger partial charge in [-0.25, -0.2) is 4.98 Å². The van der Waals surface area contributed by atoms with Gasteiger partial charge in [-0.2, -0.15) is 0 Å². The van der Waals surface area contributed by atoms with Crippen molar-refractivity contribution in [1.82, 2.24) is 19.8 Å². The molecule has 3 heterocycles. The Balaban J connectivity index is 1.80. The lowest BCUT2D eigenvalue weighted by Crippen LogP contribution is -2.33. The average molecular weight is 392 g/mol. The number of aryl methyl sites for hydroxylation is 1. The molecule has 0 radical (unpaired) electrons. The molecule has 2 amide bonds. The zero-order valence-corrected chi connectivity index (χ0v) is 16.4. The standard InChI is InChI=1S/C18H24N4O4S/c1-12-14-16(27-15(12)18(25)21-7-3-4-8-21)20-11-22(17(14)24)10-13(23)19-6-5-9-26-2/h11H,3-10H2,1-2H3,(H,19,23). The van der Waals surface area contributed by atoms with Gasteiger partial charge in [0.2, 0.25) is 5.91 Å². The molecule has 1 saturated heterocycles. The first-order valence-electron chi connectivity index (χ1n) is 9.06. The van der Waals surface area contributed by atoms with Crippen molar-refractivity contribution in [3.05, 3.63) is 27.1 Å². The molecule has 1 aliphatic rings. The molecule has 0 bridgehead atoms. The van der Waals surface area contributed by atoms with Gasteiger partial charge in [-0.1, -0.05) is 0 Å². The number of hydrogen-bond donors (Lipinski definition) is 1. The molecule has 8 nitrogen and oxygen atoms in total. The summed E-state index contributed by atoms with van der Waals surface area (Å²) in [7, 11) is 1.61. The number of aromatic nitrogens is 2. The largest absolute Gasteiger partial charge is 0.385 e. The number of hydrogen-bond acceptors (Lipinski definition) is 6. The summed E-state index contributed by atoms with van der Waals surface area (Å²) in [6, 6.07) is 0. The van der Waals surface area contributed by atoms with Gasteiger partial charge in [-0.05, 0) is 31.7 Å². The van der Waals surface area contributed by atoms with Crippen LogP contribution in [0.3, 0.4) is 0 Å². The monoisotopic (exact) mass is 392 g/mol. The van der Waals surface area contributed by atoms with Crippen LogP contribution in [0.25, 0.3) is 10.2 Å². The summed E-state index contributed by atoms with van der Waals surface area (Å²) in [5.41, 5.74) is 0.362. The Morgan fingerprint density at radius 2 is 2.07 bits per heavy atom. The summed E-state index contributed by atoms with van der Waals surface area (Å²) < 4.78 is 6.22. The predicted octanol–water partition coefficient (Wildman–Crippen LogP) is 1.16. The molecule has 0 unspecified atom stereocenters. The fourth-order valence-electron chi connectivity index (χ4n) is 3.19. The maximum atomic E-state index is 12.8. The van der Waals surface area contributed by atoms with Gasteiger partial charge in [0, 0.05) is 33.4 Å². The summed E-state index contributed by atoms with van der Waals surface area (Å²) in [4.78, 5) is 44.8. The van der Waals surface area contributed by atoms with E-state index in [9.17, 15) is 14.4 Å². The first-order chi connectivity index (χ1) is 13.0. The van der Waals surface area contributed by atoms with Crippen molar-refractivity contribution < 1.29 is 14.3 Å². The van der Waals surface area contributed by atoms with Crippen molar-refractivity contribution in [3.63, 3.8) is 0 Å². The third kappa shape index (κ3) is 4.19. The van der Waals surface area contributed by atoms with E-state index in [0.29, 0.717) is 40.2 Å². The Morgan fingerprint density at radius 1 is 1.33 bits per heavy atom. The third-order valence-electron chi connectivity index (χ3n) is 4.67. The van der Waals surface area contributed by atoms with Gasteiger partial charge in [0.15, 0.2) is 0 Å². The molecule has 0 spiro atoms. The molecule has 9 heteroatoms. The van der Waals surface area contributed by atoms with Crippen LogP contribution < -0.4 is 10.9 Å². The summed E-state index contributed by atoms with van der Waals surface area (Å²) in [5, 5.41) is 3.18. The van der Waals surface area contributed by atoms with E-state index >= 15 is 0 Å². The second kappa shape index (κ2) is 8.62. The van der Waals surface area contributed by atoms with Crippen LogP contribution in [0.2, 0.25) is 0 Å². The summed E-state index contributed by atoms with van der Waals surface area (Å²) in [6.07, 6.45) is 4.11. The van der Waals surface area contributed by atoms with Gasteiger partial charge in [0.25, 0.3) is 11.5 Å². The van der Waals surface area contributed by atoms with Crippen molar-refractivity contribution in [1.29, 1.82) is 0 Å². The Bertz CT molecular complexity index is 899. The zero-order valence-electron chi connectivity index (χ0n) is 15.6. The number of rotatable bonds is 7. The molecule has 27 heavy (non-hydrogen) atoms. The van der Waals surface area contributed by atoms with E-state index in [4.69, 9.17) is 4.74 Å². The highest BCUT2D eigenvalue weighted by Crippen LogP contribution is 2.28. The number of carbonyl (C=O) groups is 2. The lowest BCUT2D eigenvalue weighted by atomic mass is 10.2. The number of fused-ring (bicyclic) bond motifs is 1. The molecule has 1 aliphatic heterocycles. The van der Waals surface area contributed by atoms with E-state index < -0.39 is 0 Å². The van der Waals surface area contributed by atoms with Gasteiger partial charge >= 0.3 is 0 Å². The van der Waals surface area contributed by atoms with Crippen molar-refractivity contribution in [2.45, 2.75) is 32.7 Å². The van der Waals surface area contributed by atoms with Crippen molar-refractivity contribution in [2.75, 3.05) is 33.4 Å². The Hall–Kier alpha value is -2.26. The van der Waals surface area contributed by atoms with Crippen molar-refractivity contribution in [2.24, 2.45) is 0 Å². The molecule has 0 saturated carbocycles. The maximum absolute atomic E-state index is 12.8. The lowest BCUT2D eigenvalue weighted by Gasteiger charge is -2.14. The van der Waals surface area contributed by atoms with Gasteiger partial charge in [0.05, 0.1) is 16.6 Å². The fourth-order valence-corrected chi connectivity index (χ4v) is 4.30. The quantitative estimate of drug-likeness (QED) is 0.714. The van der Waals surface area contributed by atoms with E-state index in [1.54, 1.807) is 14.0 Å².